The normalized spacial score (nSPS) is 10.9. The topological polar surface area (TPSA) is 38.5 Å². The Balaban J connectivity index is 2.63. The predicted octanol–water partition coefficient (Wildman–Crippen LogP) is 2.60. The summed E-state index contributed by atoms with van der Waals surface area (Å²) >= 11 is 10.6. The Kier molecular flexibility index (Phi) is 7.23. The second kappa shape index (κ2) is 8.43. The van der Waals surface area contributed by atoms with Gasteiger partial charge in [0.1, 0.15) is 5.82 Å². The Labute approximate surface area is 123 Å². The zero-order valence-electron chi connectivity index (χ0n) is 10.9. The summed E-state index contributed by atoms with van der Waals surface area (Å²) in [4.78, 5) is 2.63. The Morgan fingerprint density at radius 3 is 2.79 bits per heavy atom. The van der Waals surface area contributed by atoms with Crippen molar-refractivity contribution in [1.29, 1.82) is 0 Å². The lowest BCUT2D eigenvalue weighted by Gasteiger charge is -2.22. The highest BCUT2D eigenvalue weighted by molar-refractivity contribution is 7.80. The number of nitrogens with two attached hydrogens (primary N) is 1. The summed E-state index contributed by atoms with van der Waals surface area (Å²) in [6.45, 7) is 2.78. The van der Waals surface area contributed by atoms with E-state index in [4.69, 9.17) is 34.3 Å². The van der Waals surface area contributed by atoms with Crippen LogP contribution in [0.5, 0.6) is 0 Å². The van der Waals surface area contributed by atoms with Crippen LogP contribution in [0.4, 0.5) is 4.39 Å². The molecule has 0 heterocycles. The fourth-order valence-corrected chi connectivity index (χ4v) is 1.95. The number of thiocarbonyl (C=S) groups is 1. The number of methoxy groups -OCH3 is 1. The smallest absolute Gasteiger partial charge is 0.141 e. The molecular formula is C13H18ClFN2OS. The first-order valence-electron chi connectivity index (χ1n) is 5.96. The molecule has 0 aliphatic heterocycles. The minimum absolute atomic E-state index is 0.138. The van der Waals surface area contributed by atoms with E-state index in [1.807, 2.05) is 0 Å². The van der Waals surface area contributed by atoms with E-state index < -0.39 is 5.82 Å². The summed E-state index contributed by atoms with van der Waals surface area (Å²) in [6, 6.07) is 4.74. The molecule has 0 fully saturated rings. The van der Waals surface area contributed by atoms with E-state index in [0.29, 0.717) is 24.6 Å². The maximum atomic E-state index is 13.1. The van der Waals surface area contributed by atoms with Gasteiger partial charge in [-0.15, -0.1) is 0 Å². The first-order valence-corrected chi connectivity index (χ1v) is 6.75. The number of hydrogen-bond acceptors (Lipinski definition) is 3. The van der Waals surface area contributed by atoms with Gasteiger partial charge in [-0.1, -0.05) is 29.9 Å². The molecule has 1 aromatic carbocycles. The largest absolute Gasteiger partial charge is 0.393 e. The monoisotopic (exact) mass is 304 g/mol. The van der Waals surface area contributed by atoms with E-state index in [9.17, 15) is 4.39 Å². The van der Waals surface area contributed by atoms with E-state index in [1.165, 1.54) is 6.07 Å². The number of ether oxygens (including phenoxy) is 1. The van der Waals surface area contributed by atoms with Crippen molar-refractivity contribution in [2.75, 3.05) is 26.8 Å². The van der Waals surface area contributed by atoms with Crippen molar-refractivity contribution < 1.29 is 9.13 Å². The average molecular weight is 305 g/mol. The van der Waals surface area contributed by atoms with Crippen LogP contribution in [0.2, 0.25) is 5.02 Å². The van der Waals surface area contributed by atoms with Crippen LogP contribution in [0.1, 0.15) is 12.0 Å². The molecule has 0 saturated carbocycles. The molecule has 0 atom stereocenters. The van der Waals surface area contributed by atoms with Crippen LogP contribution in [-0.4, -0.2) is 36.7 Å². The lowest BCUT2D eigenvalue weighted by molar-refractivity contribution is 0.146. The van der Waals surface area contributed by atoms with Crippen LogP contribution in [-0.2, 0) is 11.3 Å². The van der Waals surface area contributed by atoms with Gasteiger partial charge in [0.2, 0.25) is 0 Å². The third-order valence-corrected chi connectivity index (χ3v) is 3.17. The quantitative estimate of drug-likeness (QED) is 0.749. The first-order chi connectivity index (χ1) is 9.02. The van der Waals surface area contributed by atoms with E-state index in [-0.39, 0.29) is 5.02 Å². The van der Waals surface area contributed by atoms with Gasteiger partial charge in [0.25, 0.3) is 0 Å². The molecule has 0 aliphatic carbocycles. The SMILES string of the molecule is COCCN(CCC(N)=S)Cc1ccc(F)c(Cl)c1. The molecule has 0 radical (unpaired) electrons. The molecule has 106 valence electrons. The summed E-state index contributed by atoms with van der Waals surface area (Å²) in [5, 5.41) is 0.138. The van der Waals surface area contributed by atoms with Crippen molar-refractivity contribution in [3.8, 4) is 0 Å². The minimum atomic E-state index is -0.406. The third-order valence-electron chi connectivity index (χ3n) is 2.68. The molecule has 1 rings (SSSR count). The maximum Gasteiger partial charge on any atom is 0.141 e. The molecule has 2 N–H and O–H groups in total. The van der Waals surface area contributed by atoms with Gasteiger partial charge in [0.05, 0.1) is 16.6 Å². The number of benzene rings is 1. The number of nitrogens with zero attached hydrogens (tertiary/aromatic N) is 1. The van der Waals surface area contributed by atoms with Crippen LogP contribution in [0, 0.1) is 5.82 Å². The van der Waals surface area contributed by atoms with Crippen molar-refractivity contribution in [3.63, 3.8) is 0 Å². The molecule has 0 unspecified atom stereocenters. The summed E-state index contributed by atoms with van der Waals surface area (Å²) in [5.74, 6) is -0.406. The van der Waals surface area contributed by atoms with Crippen LogP contribution in [0.15, 0.2) is 18.2 Å². The van der Waals surface area contributed by atoms with Crippen molar-refractivity contribution in [1.82, 2.24) is 4.90 Å². The van der Waals surface area contributed by atoms with E-state index >= 15 is 0 Å². The van der Waals surface area contributed by atoms with Gasteiger partial charge < -0.3 is 10.5 Å². The molecule has 6 heteroatoms. The van der Waals surface area contributed by atoms with Gasteiger partial charge in [-0.2, -0.15) is 0 Å². The fraction of sp³-hybridized carbons (Fsp3) is 0.462. The fourth-order valence-electron chi connectivity index (χ4n) is 1.65. The molecule has 0 bridgehead atoms. The Morgan fingerprint density at radius 1 is 1.47 bits per heavy atom. The van der Waals surface area contributed by atoms with E-state index in [2.05, 4.69) is 4.90 Å². The van der Waals surface area contributed by atoms with Crippen molar-refractivity contribution in [3.05, 3.63) is 34.6 Å². The molecule has 0 spiro atoms. The molecule has 0 saturated heterocycles. The highest BCUT2D eigenvalue weighted by Gasteiger charge is 2.08. The first kappa shape index (κ1) is 16.3. The van der Waals surface area contributed by atoms with E-state index in [0.717, 1.165) is 18.7 Å². The van der Waals surface area contributed by atoms with Crippen LogP contribution in [0.25, 0.3) is 0 Å². The summed E-state index contributed by atoms with van der Waals surface area (Å²) in [5.41, 5.74) is 6.46. The zero-order chi connectivity index (χ0) is 14.3. The molecule has 1 aromatic rings. The average Bonchev–Trinajstić information content (AvgIpc) is 2.37. The second-order valence-electron chi connectivity index (χ2n) is 4.23. The van der Waals surface area contributed by atoms with Gasteiger partial charge in [0.15, 0.2) is 0 Å². The Morgan fingerprint density at radius 2 is 2.21 bits per heavy atom. The van der Waals surface area contributed by atoms with Crippen LogP contribution < -0.4 is 5.73 Å². The van der Waals surface area contributed by atoms with Gasteiger partial charge in [0, 0.05) is 33.2 Å². The highest BCUT2D eigenvalue weighted by Crippen LogP contribution is 2.17. The molecule has 0 amide bonds. The number of rotatable bonds is 8. The van der Waals surface area contributed by atoms with Crippen LogP contribution in [0.3, 0.4) is 0 Å². The minimum Gasteiger partial charge on any atom is -0.393 e. The maximum absolute atomic E-state index is 13.1. The standard InChI is InChI=1S/C13H18ClFN2OS/c1-18-7-6-17(5-4-13(16)19)9-10-2-3-12(15)11(14)8-10/h2-3,8H,4-7,9H2,1H3,(H2,16,19). The highest BCUT2D eigenvalue weighted by atomic mass is 35.5. The Hall–Kier alpha value is -0.750. The lowest BCUT2D eigenvalue weighted by atomic mass is 10.2. The van der Waals surface area contributed by atoms with E-state index in [1.54, 1.807) is 19.2 Å². The predicted molar refractivity (Wildman–Crippen MR) is 80.0 cm³/mol. The Bertz CT molecular complexity index is 431. The molecule has 3 nitrogen and oxygen atoms in total. The third kappa shape index (κ3) is 6.29. The van der Waals surface area contributed by atoms with Crippen LogP contribution >= 0.6 is 23.8 Å². The van der Waals surface area contributed by atoms with Crippen molar-refractivity contribution >= 4 is 28.8 Å². The van der Waals surface area contributed by atoms with Crippen molar-refractivity contribution in [2.45, 2.75) is 13.0 Å². The number of halogens is 2. The van der Waals surface area contributed by atoms with Gasteiger partial charge in [-0.25, -0.2) is 4.39 Å². The summed E-state index contributed by atoms with van der Waals surface area (Å²) in [6.07, 6.45) is 0.647. The molecular weight excluding hydrogens is 287 g/mol. The molecule has 19 heavy (non-hydrogen) atoms. The second-order valence-corrected chi connectivity index (χ2v) is 5.17. The summed E-state index contributed by atoms with van der Waals surface area (Å²) < 4.78 is 18.2. The van der Waals surface area contributed by atoms with Gasteiger partial charge in [-0.05, 0) is 17.7 Å². The van der Waals surface area contributed by atoms with Gasteiger partial charge >= 0.3 is 0 Å². The van der Waals surface area contributed by atoms with Gasteiger partial charge in [-0.3, -0.25) is 4.90 Å². The summed E-state index contributed by atoms with van der Waals surface area (Å²) in [7, 11) is 1.65. The number of hydrogen-bond donors (Lipinski definition) is 1. The molecule has 0 aromatic heterocycles. The zero-order valence-corrected chi connectivity index (χ0v) is 12.4. The molecule has 0 aliphatic rings. The van der Waals surface area contributed by atoms with Crippen molar-refractivity contribution in [2.24, 2.45) is 5.73 Å². The lowest BCUT2D eigenvalue weighted by Crippen LogP contribution is -2.30.